The number of nitrogens with zero attached hydrogens (tertiary/aromatic N) is 1. The number of guanidine groups is 1. The lowest BCUT2D eigenvalue weighted by molar-refractivity contribution is 0.0698. The SMILES string of the molecule is CN=C(NCCCOCCOC)NCC(C)(C)c1ccc(OC)cc1.I. The number of benzene rings is 1. The molecule has 0 unspecified atom stereocenters. The van der Waals surface area contributed by atoms with Crippen LogP contribution in [0.5, 0.6) is 5.75 Å². The van der Waals surface area contributed by atoms with Crippen molar-refractivity contribution in [3.05, 3.63) is 29.8 Å². The number of rotatable bonds is 11. The van der Waals surface area contributed by atoms with Crippen molar-refractivity contribution in [3.8, 4) is 5.75 Å². The van der Waals surface area contributed by atoms with E-state index in [0.29, 0.717) is 19.8 Å². The monoisotopic (exact) mass is 479 g/mol. The van der Waals surface area contributed by atoms with Crippen molar-refractivity contribution in [2.75, 3.05) is 54.2 Å². The van der Waals surface area contributed by atoms with Gasteiger partial charge in [-0.25, -0.2) is 0 Å². The first-order chi connectivity index (χ1) is 12.0. The predicted molar refractivity (Wildman–Crippen MR) is 118 cm³/mol. The van der Waals surface area contributed by atoms with Gasteiger partial charge < -0.3 is 24.8 Å². The van der Waals surface area contributed by atoms with Crippen molar-refractivity contribution in [2.24, 2.45) is 4.99 Å². The normalized spacial score (nSPS) is 11.7. The van der Waals surface area contributed by atoms with Crippen LogP contribution in [0.4, 0.5) is 0 Å². The lowest BCUT2D eigenvalue weighted by Gasteiger charge is -2.27. The summed E-state index contributed by atoms with van der Waals surface area (Å²) in [5.41, 5.74) is 1.23. The Labute approximate surface area is 175 Å². The van der Waals surface area contributed by atoms with E-state index in [2.05, 4.69) is 41.6 Å². The molecule has 0 spiro atoms. The molecule has 1 aromatic rings. The Morgan fingerprint density at radius 3 is 2.31 bits per heavy atom. The third-order valence-corrected chi connectivity index (χ3v) is 3.98. The number of ether oxygens (including phenoxy) is 3. The first-order valence-corrected chi connectivity index (χ1v) is 8.69. The second-order valence-corrected chi connectivity index (χ2v) is 6.42. The Kier molecular flexibility index (Phi) is 13.5. The molecular formula is C19H34IN3O3. The molecular weight excluding hydrogens is 445 g/mol. The molecule has 0 saturated carbocycles. The molecule has 0 saturated heterocycles. The van der Waals surface area contributed by atoms with Gasteiger partial charge in [-0.2, -0.15) is 0 Å². The molecule has 0 fully saturated rings. The van der Waals surface area contributed by atoms with E-state index in [4.69, 9.17) is 14.2 Å². The Balaban J connectivity index is 0.00000625. The van der Waals surface area contributed by atoms with Crippen molar-refractivity contribution in [1.82, 2.24) is 10.6 Å². The molecule has 6 nitrogen and oxygen atoms in total. The van der Waals surface area contributed by atoms with Crippen molar-refractivity contribution in [2.45, 2.75) is 25.7 Å². The summed E-state index contributed by atoms with van der Waals surface area (Å²) in [4.78, 5) is 4.27. The third-order valence-electron chi connectivity index (χ3n) is 3.98. The highest BCUT2D eigenvalue weighted by Gasteiger charge is 2.20. The fraction of sp³-hybridized carbons (Fsp3) is 0.632. The number of methoxy groups -OCH3 is 2. The minimum atomic E-state index is -0.0207. The number of aliphatic imine (C=N–C) groups is 1. The second kappa shape index (κ2) is 14.1. The molecule has 26 heavy (non-hydrogen) atoms. The summed E-state index contributed by atoms with van der Waals surface area (Å²) in [6.07, 6.45) is 0.923. The van der Waals surface area contributed by atoms with Gasteiger partial charge in [0, 0.05) is 39.3 Å². The molecule has 0 bridgehead atoms. The average Bonchev–Trinajstić information content (AvgIpc) is 2.63. The van der Waals surface area contributed by atoms with Gasteiger partial charge in [0.25, 0.3) is 0 Å². The minimum absolute atomic E-state index is 0. The quantitative estimate of drug-likeness (QED) is 0.221. The molecule has 0 heterocycles. The first kappa shape index (κ1) is 24.9. The average molecular weight is 479 g/mol. The number of hydrogen-bond acceptors (Lipinski definition) is 4. The third kappa shape index (κ3) is 9.59. The molecule has 0 aliphatic carbocycles. The Morgan fingerprint density at radius 1 is 1.04 bits per heavy atom. The van der Waals surface area contributed by atoms with Crippen LogP contribution in [0.15, 0.2) is 29.3 Å². The van der Waals surface area contributed by atoms with E-state index in [1.807, 2.05) is 12.1 Å². The molecule has 0 aliphatic rings. The van der Waals surface area contributed by atoms with Crippen LogP contribution >= 0.6 is 24.0 Å². The van der Waals surface area contributed by atoms with Crippen LogP contribution in [0.2, 0.25) is 0 Å². The topological polar surface area (TPSA) is 64.1 Å². The first-order valence-electron chi connectivity index (χ1n) is 8.69. The van der Waals surface area contributed by atoms with E-state index < -0.39 is 0 Å². The predicted octanol–water partition coefficient (Wildman–Crippen LogP) is 2.81. The van der Waals surface area contributed by atoms with Gasteiger partial charge in [0.1, 0.15) is 5.75 Å². The maximum atomic E-state index is 5.44. The van der Waals surface area contributed by atoms with Crippen LogP contribution in [-0.4, -0.2) is 60.1 Å². The standard InChI is InChI=1S/C19H33N3O3.HI/c1-19(2,16-7-9-17(24-5)10-8-16)15-22-18(20-3)21-11-6-12-25-14-13-23-4;/h7-10H,6,11-15H2,1-5H3,(H2,20,21,22);1H. The van der Waals surface area contributed by atoms with Crippen LogP contribution in [0.3, 0.4) is 0 Å². The molecule has 0 atom stereocenters. The minimum Gasteiger partial charge on any atom is -0.497 e. The van der Waals surface area contributed by atoms with Crippen LogP contribution in [-0.2, 0) is 14.9 Å². The zero-order valence-corrected chi connectivity index (χ0v) is 19.0. The number of halogens is 1. The molecule has 0 aromatic heterocycles. The van der Waals surface area contributed by atoms with Crippen molar-refractivity contribution >= 4 is 29.9 Å². The molecule has 7 heteroatoms. The van der Waals surface area contributed by atoms with Crippen LogP contribution in [0.25, 0.3) is 0 Å². The van der Waals surface area contributed by atoms with E-state index >= 15 is 0 Å². The van der Waals surface area contributed by atoms with Crippen LogP contribution in [0, 0.1) is 0 Å². The van der Waals surface area contributed by atoms with Gasteiger partial charge in [-0.15, -0.1) is 24.0 Å². The summed E-state index contributed by atoms with van der Waals surface area (Å²) < 4.78 is 15.6. The highest BCUT2D eigenvalue weighted by molar-refractivity contribution is 14.0. The van der Waals surface area contributed by atoms with Gasteiger partial charge in [-0.1, -0.05) is 26.0 Å². The Hall–Kier alpha value is -1.06. The number of nitrogens with one attached hydrogen (secondary N) is 2. The molecule has 0 amide bonds. The summed E-state index contributed by atoms with van der Waals surface area (Å²) >= 11 is 0. The summed E-state index contributed by atoms with van der Waals surface area (Å²) in [5, 5.41) is 6.71. The number of hydrogen-bond donors (Lipinski definition) is 2. The van der Waals surface area contributed by atoms with Gasteiger partial charge >= 0.3 is 0 Å². The lowest BCUT2D eigenvalue weighted by atomic mass is 9.84. The summed E-state index contributed by atoms with van der Waals surface area (Å²) in [6, 6.07) is 8.20. The lowest BCUT2D eigenvalue weighted by Crippen LogP contribution is -2.43. The van der Waals surface area contributed by atoms with Crippen molar-refractivity contribution < 1.29 is 14.2 Å². The molecule has 2 N–H and O–H groups in total. The summed E-state index contributed by atoms with van der Waals surface area (Å²) in [6.45, 7) is 8.00. The van der Waals surface area contributed by atoms with Gasteiger partial charge in [0.15, 0.2) is 5.96 Å². The van der Waals surface area contributed by atoms with Gasteiger partial charge in [0.05, 0.1) is 20.3 Å². The summed E-state index contributed by atoms with van der Waals surface area (Å²) in [7, 11) is 5.14. The van der Waals surface area contributed by atoms with Crippen molar-refractivity contribution in [1.29, 1.82) is 0 Å². The second-order valence-electron chi connectivity index (χ2n) is 6.42. The van der Waals surface area contributed by atoms with E-state index in [-0.39, 0.29) is 29.4 Å². The van der Waals surface area contributed by atoms with E-state index in [0.717, 1.165) is 31.2 Å². The molecule has 150 valence electrons. The zero-order valence-electron chi connectivity index (χ0n) is 16.6. The van der Waals surface area contributed by atoms with Gasteiger partial charge in [0.2, 0.25) is 0 Å². The van der Waals surface area contributed by atoms with Crippen molar-refractivity contribution in [3.63, 3.8) is 0 Å². The zero-order chi connectivity index (χ0) is 18.5. The largest absolute Gasteiger partial charge is 0.497 e. The Bertz CT molecular complexity index is 507. The maximum absolute atomic E-state index is 5.44. The van der Waals surface area contributed by atoms with Crippen LogP contribution < -0.4 is 15.4 Å². The fourth-order valence-electron chi connectivity index (χ4n) is 2.29. The van der Waals surface area contributed by atoms with E-state index in [1.54, 1.807) is 21.3 Å². The molecule has 0 aliphatic heterocycles. The van der Waals surface area contributed by atoms with E-state index in [1.165, 1.54) is 5.56 Å². The maximum Gasteiger partial charge on any atom is 0.191 e. The summed E-state index contributed by atoms with van der Waals surface area (Å²) in [5.74, 6) is 1.68. The van der Waals surface area contributed by atoms with Gasteiger partial charge in [-0.05, 0) is 24.1 Å². The molecule has 0 radical (unpaired) electrons. The Morgan fingerprint density at radius 2 is 1.73 bits per heavy atom. The van der Waals surface area contributed by atoms with Gasteiger partial charge in [-0.3, -0.25) is 4.99 Å². The smallest absolute Gasteiger partial charge is 0.191 e. The highest BCUT2D eigenvalue weighted by atomic mass is 127. The van der Waals surface area contributed by atoms with Crippen LogP contribution in [0.1, 0.15) is 25.8 Å². The molecule has 1 rings (SSSR count). The van der Waals surface area contributed by atoms with E-state index in [9.17, 15) is 0 Å². The molecule has 1 aromatic carbocycles. The highest BCUT2D eigenvalue weighted by Crippen LogP contribution is 2.24. The fourth-order valence-corrected chi connectivity index (χ4v) is 2.29.